The number of benzene rings is 2. The Hall–Kier alpha value is -2.62. The largest absolute Gasteiger partial charge is 0.493 e. The average Bonchev–Trinajstić information content (AvgIpc) is 2.73. The summed E-state index contributed by atoms with van der Waals surface area (Å²) in [6, 6.07) is 12.4. The Labute approximate surface area is 171 Å². The molecular weight excluding hydrogens is 396 g/mol. The molecule has 29 heavy (non-hydrogen) atoms. The molecule has 0 heterocycles. The Kier molecular flexibility index (Phi) is 8.44. The molecule has 158 valence electrons. The second kappa shape index (κ2) is 10.8. The van der Waals surface area contributed by atoms with Crippen molar-refractivity contribution in [3.05, 3.63) is 54.1 Å². The zero-order valence-electron chi connectivity index (χ0n) is 16.7. The number of carbonyl (C=O) groups excluding carboxylic acids is 1. The highest BCUT2D eigenvalue weighted by Gasteiger charge is 2.26. The Bertz CT molecular complexity index is 902. The molecule has 0 saturated heterocycles. The molecule has 0 aromatic heterocycles. The Balaban J connectivity index is 2.26. The minimum absolute atomic E-state index is 0.0297. The normalized spacial score (nSPS) is 12.2. The number of hydrogen-bond acceptors (Lipinski definition) is 6. The van der Waals surface area contributed by atoms with Gasteiger partial charge in [-0.15, -0.1) is 0 Å². The molecular formula is C20H26N2O6S. The van der Waals surface area contributed by atoms with E-state index in [1.807, 2.05) is 30.3 Å². The van der Waals surface area contributed by atoms with Gasteiger partial charge < -0.3 is 19.5 Å². The summed E-state index contributed by atoms with van der Waals surface area (Å²) in [4.78, 5) is 12.6. The minimum atomic E-state index is -3.99. The summed E-state index contributed by atoms with van der Waals surface area (Å²) in [5.74, 6) is 0.249. The van der Waals surface area contributed by atoms with Gasteiger partial charge in [0.05, 0.1) is 25.7 Å². The highest BCUT2D eigenvalue weighted by Crippen LogP contribution is 2.29. The summed E-state index contributed by atoms with van der Waals surface area (Å²) in [6.07, 6.45) is 0.201. The number of hydrogen-bond donors (Lipinski definition) is 2. The highest BCUT2D eigenvalue weighted by atomic mass is 32.2. The summed E-state index contributed by atoms with van der Waals surface area (Å²) in [5, 5.41) is 2.68. The summed E-state index contributed by atoms with van der Waals surface area (Å²) >= 11 is 0. The highest BCUT2D eigenvalue weighted by molar-refractivity contribution is 7.89. The van der Waals surface area contributed by atoms with Crippen LogP contribution >= 0.6 is 0 Å². The molecule has 0 bridgehead atoms. The predicted octanol–water partition coefficient (Wildman–Crippen LogP) is 1.36. The van der Waals surface area contributed by atoms with Crippen LogP contribution in [-0.2, 0) is 26.0 Å². The van der Waals surface area contributed by atoms with E-state index in [-0.39, 0.29) is 23.6 Å². The smallest absolute Gasteiger partial charge is 0.241 e. The first-order valence-corrected chi connectivity index (χ1v) is 10.4. The maximum absolute atomic E-state index is 12.9. The van der Waals surface area contributed by atoms with Gasteiger partial charge in [0.2, 0.25) is 15.9 Å². The van der Waals surface area contributed by atoms with Gasteiger partial charge in [-0.2, -0.15) is 4.72 Å². The van der Waals surface area contributed by atoms with Gasteiger partial charge in [-0.05, 0) is 24.1 Å². The summed E-state index contributed by atoms with van der Waals surface area (Å²) in [7, 11) is 0.413. The summed E-state index contributed by atoms with van der Waals surface area (Å²) < 4.78 is 43.6. The van der Waals surface area contributed by atoms with Gasteiger partial charge in [0, 0.05) is 19.7 Å². The zero-order valence-corrected chi connectivity index (χ0v) is 17.5. The molecule has 0 aliphatic carbocycles. The molecule has 2 aromatic carbocycles. The van der Waals surface area contributed by atoms with Gasteiger partial charge >= 0.3 is 0 Å². The second-order valence-electron chi connectivity index (χ2n) is 6.16. The van der Waals surface area contributed by atoms with Crippen LogP contribution in [0.3, 0.4) is 0 Å². The third-order valence-electron chi connectivity index (χ3n) is 4.17. The van der Waals surface area contributed by atoms with E-state index in [1.165, 1.54) is 39.5 Å². The van der Waals surface area contributed by atoms with Crippen LogP contribution in [0, 0.1) is 0 Å². The van der Waals surface area contributed by atoms with E-state index in [9.17, 15) is 13.2 Å². The van der Waals surface area contributed by atoms with Gasteiger partial charge in [0.1, 0.15) is 6.04 Å². The Morgan fingerprint density at radius 3 is 2.31 bits per heavy atom. The topological polar surface area (TPSA) is 103 Å². The first-order chi connectivity index (χ1) is 13.9. The maximum Gasteiger partial charge on any atom is 0.241 e. The Morgan fingerprint density at radius 1 is 1.00 bits per heavy atom. The van der Waals surface area contributed by atoms with E-state index in [1.54, 1.807) is 0 Å². The molecule has 2 aromatic rings. The lowest BCUT2D eigenvalue weighted by molar-refractivity contribution is -0.122. The fraction of sp³-hybridized carbons (Fsp3) is 0.350. The molecule has 0 spiro atoms. The average molecular weight is 423 g/mol. The molecule has 2 rings (SSSR count). The molecule has 0 fully saturated rings. The molecule has 1 atom stereocenters. The Morgan fingerprint density at radius 2 is 1.69 bits per heavy atom. The molecule has 2 N–H and O–H groups in total. The summed E-state index contributed by atoms with van der Waals surface area (Å²) in [6.45, 7) is 0.602. The van der Waals surface area contributed by atoms with E-state index >= 15 is 0 Å². The third-order valence-corrected chi connectivity index (χ3v) is 5.64. The van der Waals surface area contributed by atoms with Gasteiger partial charge in [-0.25, -0.2) is 8.42 Å². The van der Waals surface area contributed by atoms with E-state index < -0.39 is 22.0 Å². The van der Waals surface area contributed by atoms with E-state index in [2.05, 4.69) is 10.0 Å². The molecule has 0 radical (unpaired) electrons. The monoisotopic (exact) mass is 422 g/mol. The van der Waals surface area contributed by atoms with Crippen molar-refractivity contribution in [3.63, 3.8) is 0 Å². The number of nitrogens with one attached hydrogen (secondary N) is 2. The van der Waals surface area contributed by atoms with Gasteiger partial charge in [0.25, 0.3) is 0 Å². The van der Waals surface area contributed by atoms with Crippen LogP contribution in [0.25, 0.3) is 0 Å². The summed E-state index contributed by atoms with van der Waals surface area (Å²) in [5.41, 5.74) is 0.828. The second-order valence-corrected chi connectivity index (χ2v) is 7.88. The predicted molar refractivity (Wildman–Crippen MR) is 109 cm³/mol. The lowest BCUT2D eigenvalue weighted by Crippen LogP contribution is -2.48. The van der Waals surface area contributed by atoms with Crippen molar-refractivity contribution in [2.45, 2.75) is 17.4 Å². The van der Waals surface area contributed by atoms with E-state index in [4.69, 9.17) is 14.2 Å². The van der Waals surface area contributed by atoms with Crippen LogP contribution in [0.15, 0.2) is 53.4 Å². The molecule has 8 nitrogen and oxygen atoms in total. The molecule has 0 unspecified atom stereocenters. The first kappa shape index (κ1) is 22.7. The molecule has 9 heteroatoms. The van der Waals surface area contributed by atoms with E-state index in [0.29, 0.717) is 12.4 Å². The van der Waals surface area contributed by atoms with Crippen molar-refractivity contribution in [2.24, 2.45) is 0 Å². The number of rotatable bonds is 11. The number of methoxy groups -OCH3 is 3. The van der Waals surface area contributed by atoms with Gasteiger partial charge in [-0.3, -0.25) is 4.79 Å². The van der Waals surface area contributed by atoms with Crippen LogP contribution in [0.1, 0.15) is 5.56 Å². The van der Waals surface area contributed by atoms with Crippen LogP contribution < -0.4 is 19.5 Å². The molecule has 0 aliphatic rings. The van der Waals surface area contributed by atoms with Crippen molar-refractivity contribution in [3.8, 4) is 11.5 Å². The lowest BCUT2D eigenvalue weighted by Gasteiger charge is -2.19. The van der Waals surface area contributed by atoms with Gasteiger partial charge in [-0.1, -0.05) is 30.3 Å². The maximum atomic E-state index is 12.9. The SMILES string of the molecule is COCCNC(=O)[C@H](Cc1ccccc1)NS(=O)(=O)c1ccc(OC)c(OC)c1. The van der Waals surface area contributed by atoms with Crippen LogP contribution in [-0.4, -0.2) is 54.8 Å². The third kappa shape index (κ3) is 6.45. The minimum Gasteiger partial charge on any atom is -0.493 e. The van der Waals surface area contributed by atoms with Gasteiger partial charge in [0.15, 0.2) is 11.5 Å². The van der Waals surface area contributed by atoms with Crippen molar-refractivity contribution in [1.29, 1.82) is 0 Å². The van der Waals surface area contributed by atoms with Crippen LogP contribution in [0.4, 0.5) is 0 Å². The number of ether oxygens (including phenoxy) is 3. The fourth-order valence-corrected chi connectivity index (χ4v) is 3.89. The molecule has 0 aliphatic heterocycles. The van der Waals surface area contributed by atoms with Crippen LogP contribution in [0.2, 0.25) is 0 Å². The number of carbonyl (C=O) groups is 1. The van der Waals surface area contributed by atoms with Crippen molar-refractivity contribution in [2.75, 3.05) is 34.5 Å². The van der Waals surface area contributed by atoms with E-state index in [0.717, 1.165) is 5.56 Å². The molecule has 0 saturated carbocycles. The fourth-order valence-electron chi connectivity index (χ4n) is 2.68. The standard InChI is InChI=1S/C20H26N2O6S/c1-26-12-11-21-20(23)17(13-15-7-5-4-6-8-15)22-29(24,25)16-9-10-18(27-2)19(14-16)28-3/h4-10,14,17,22H,11-13H2,1-3H3,(H,21,23)/t17-/m0/s1. The van der Waals surface area contributed by atoms with Crippen molar-refractivity contribution in [1.82, 2.24) is 10.0 Å². The van der Waals surface area contributed by atoms with Crippen LogP contribution in [0.5, 0.6) is 11.5 Å². The first-order valence-electron chi connectivity index (χ1n) is 8.96. The quantitative estimate of drug-likeness (QED) is 0.530. The number of sulfonamides is 1. The number of amides is 1. The van der Waals surface area contributed by atoms with Crippen molar-refractivity contribution >= 4 is 15.9 Å². The van der Waals surface area contributed by atoms with Crippen molar-refractivity contribution < 1.29 is 27.4 Å². The zero-order chi connectivity index (χ0) is 21.3. The molecule has 1 amide bonds. The lowest BCUT2D eigenvalue weighted by atomic mass is 10.1.